The van der Waals surface area contributed by atoms with E-state index in [-0.39, 0.29) is 5.54 Å². The average molecular weight is 415 g/mol. The summed E-state index contributed by atoms with van der Waals surface area (Å²) in [6.45, 7) is 6.93. The van der Waals surface area contributed by atoms with E-state index in [4.69, 9.17) is 9.47 Å². The molecule has 31 heavy (non-hydrogen) atoms. The highest BCUT2D eigenvalue weighted by atomic mass is 16.5. The van der Waals surface area contributed by atoms with Crippen molar-refractivity contribution in [2.75, 3.05) is 19.1 Å². The third kappa shape index (κ3) is 4.58. The second-order valence-electron chi connectivity index (χ2n) is 8.83. The summed E-state index contributed by atoms with van der Waals surface area (Å²) in [5.74, 6) is 2.81. The number of benzene rings is 3. The van der Waals surface area contributed by atoms with Gasteiger partial charge in [0.2, 0.25) is 0 Å². The quantitative estimate of drug-likeness (QED) is 0.423. The molecule has 0 saturated heterocycles. The number of nitrogens with zero attached hydrogens (tertiary/aromatic N) is 2. The molecule has 160 valence electrons. The van der Waals surface area contributed by atoms with Gasteiger partial charge >= 0.3 is 0 Å². The van der Waals surface area contributed by atoms with Gasteiger partial charge in [0.1, 0.15) is 17.2 Å². The lowest BCUT2D eigenvalue weighted by Crippen LogP contribution is -2.45. The number of hydrogen-bond donors (Lipinski definition) is 0. The van der Waals surface area contributed by atoms with Gasteiger partial charge in [0, 0.05) is 30.6 Å². The van der Waals surface area contributed by atoms with Crippen LogP contribution in [0.4, 0.5) is 11.4 Å². The summed E-state index contributed by atoms with van der Waals surface area (Å²) in [6, 6.07) is 22.0. The second kappa shape index (κ2) is 8.46. The van der Waals surface area contributed by atoms with Crippen molar-refractivity contribution < 1.29 is 9.47 Å². The van der Waals surface area contributed by atoms with E-state index < -0.39 is 0 Å². The first kappa shape index (κ1) is 21.0. The van der Waals surface area contributed by atoms with Crippen molar-refractivity contribution in [3.63, 3.8) is 0 Å². The van der Waals surface area contributed by atoms with Crippen LogP contribution in [0.1, 0.15) is 44.2 Å². The van der Waals surface area contributed by atoms with Crippen molar-refractivity contribution >= 4 is 17.6 Å². The summed E-state index contributed by atoms with van der Waals surface area (Å²) >= 11 is 0. The second-order valence-corrected chi connectivity index (χ2v) is 8.83. The zero-order chi connectivity index (χ0) is 22.0. The van der Waals surface area contributed by atoms with E-state index in [0.29, 0.717) is 5.92 Å². The summed E-state index contributed by atoms with van der Waals surface area (Å²) < 4.78 is 11.1. The molecule has 1 aliphatic rings. The van der Waals surface area contributed by atoms with Crippen LogP contribution in [0, 0.1) is 0 Å². The number of fused-ring (bicyclic) bond motifs is 1. The predicted molar refractivity (Wildman–Crippen MR) is 129 cm³/mol. The molecule has 0 amide bonds. The predicted octanol–water partition coefficient (Wildman–Crippen LogP) is 6.96. The van der Waals surface area contributed by atoms with Gasteiger partial charge in [-0.1, -0.05) is 19.1 Å². The van der Waals surface area contributed by atoms with Gasteiger partial charge in [-0.15, -0.1) is 0 Å². The minimum Gasteiger partial charge on any atom is -0.497 e. The van der Waals surface area contributed by atoms with E-state index >= 15 is 0 Å². The van der Waals surface area contributed by atoms with E-state index in [0.717, 1.165) is 34.9 Å². The maximum absolute atomic E-state index is 5.90. The van der Waals surface area contributed by atoms with Gasteiger partial charge in [-0.25, -0.2) is 0 Å². The fourth-order valence-electron chi connectivity index (χ4n) is 4.23. The molecule has 0 aliphatic carbocycles. The van der Waals surface area contributed by atoms with Crippen LogP contribution in [-0.2, 0) is 0 Å². The largest absolute Gasteiger partial charge is 0.497 e. The van der Waals surface area contributed by atoms with Crippen molar-refractivity contribution in [2.45, 2.75) is 38.6 Å². The highest BCUT2D eigenvalue weighted by Crippen LogP contribution is 2.42. The molecule has 4 rings (SSSR count). The number of methoxy groups -OCH3 is 1. The molecule has 1 aliphatic heterocycles. The highest BCUT2D eigenvalue weighted by molar-refractivity contribution is 5.83. The molecular weight excluding hydrogens is 384 g/mol. The molecule has 4 nitrogen and oxygen atoms in total. The summed E-state index contributed by atoms with van der Waals surface area (Å²) in [7, 11) is 3.84. The number of anilines is 1. The van der Waals surface area contributed by atoms with Crippen LogP contribution in [0.2, 0.25) is 0 Å². The molecule has 3 aromatic carbocycles. The van der Waals surface area contributed by atoms with Crippen LogP contribution in [-0.4, -0.2) is 25.9 Å². The third-order valence-electron chi connectivity index (χ3n) is 6.13. The van der Waals surface area contributed by atoms with E-state index in [1.807, 2.05) is 54.7 Å². The Morgan fingerprint density at radius 2 is 1.71 bits per heavy atom. The van der Waals surface area contributed by atoms with E-state index in [1.165, 1.54) is 11.3 Å². The summed E-state index contributed by atoms with van der Waals surface area (Å²) in [5, 5.41) is 0. The van der Waals surface area contributed by atoms with Crippen molar-refractivity contribution in [1.29, 1.82) is 0 Å². The van der Waals surface area contributed by atoms with E-state index in [2.05, 4.69) is 55.9 Å². The fraction of sp³-hybridized carbons (Fsp3) is 0.296. The maximum Gasteiger partial charge on any atom is 0.131 e. The Morgan fingerprint density at radius 3 is 2.45 bits per heavy atom. The average Bonchev–Trinajstić information content (AvgIpc) is 2.77. The third-order valence-corrected chi connectivity index (χ3v) is 6.13. The first-order valence-electron chi connectivity index (χ1n) is 10.7. The minimum absolute atomic E-state index is 0.177. The molecule has 1 unspecified atom stereocenters. The first-order valence-corrected chi connectivity index (χ1v) is 10.7. The molecule has 0 aromatic heterocycles. The highest BCUT2D eigenvalue weighted by Gasteiger charge is 2.33. The molecule has 0 saturated carbocycles. The standard InChI is InChI=1S/C27H30N2O2/c1-19-17-27(2,3)29(4)26-14-9-20(15-25(19)26)18-28-21-10-12-22(13-11-21)31-24-8-6-7-23(16-24)30-5/h6-16,18-19H,17H2,1-5H3. The van der Waals surface area contributed by atoms with Gasteiger partial charge in [-0.3, -0.25) is 4.99 Å². The van der Waals surface area contributed by atoms with Crippen molar-refractivity contribution in [3.05, 3.63) is 77.9 Å². The molecule has 1 heterocycles. The number of rotatable bonds is 5. The molecule has 3 aromatic rings. The Morgan fingerprint density at radius 1 is 0.968 bits per heavy atom. The molecule has 0 spiro atoms. The van der Waals surface area contributed by atoms with Crippen LogP contribution in [0.5, 0.6) is 17.2 Å². The Bertz CT molecular complexity index is 1090. The van der Waals surface area contributed by atoms with Gasteiger partial charge in [-0.2, -0.15) is 0 Å². The molecule has 0 bridgehead atoms. The SMILES string of the molecule is COc1cccc(Oc2ccc(N=Cc3ccc4c(c3)C(C)CC(C)(C)N4C)cc2)c1. The molecule has 0 fully saturated rings. The molecule has 0 radical (unpaired) electrons. The van der Waals surface area contributed by atoms with Gasteiger partial charge in [0.25, 0.3) is 0 Å². The van der Waals surface area contributed by atoms with Gasteiger partial charge < -0.3 is 14.4 Å². The topological polar surface area (TPSA) is 34.1 Å². The Balaban J connectivity index is 1.47. The Kier molecular flexibility index (Phi) is 5.73. The van der Waals surface area contributed by atoms with Crippen LogP contribution >= 0.6 is 0 Å². The van der Waals surface area contributed by atoms with E-state index in [1.54, 1.807) is 7.11 Å². The number of aliphatic imine (C=N–C) groups is 1. The summed E-state index contributed by atoms with van der Waals surface area (Å²) in [5.41, 5.74) is 4.90. The van der Waals surface area contributed by atoms with Crippen LogP contribution in [0.15, 0.2) is 71.7 Å². The lowest BCUT2D eigenvalue weighted by Gasteiger charge is -2.45. The monoisotopic (exact) mass is 414 g/mol. The van der Waals surface area contributed by atoms with Crippen LogP contribution in [0.3, 0.4) is 0 Å². The first-order chi connectivity index (χ1) is 14.9. The van der Waals surface area contributed by atoms with Crippen molar-refractivity contribution in [2.24, 2.45) is 4.99 Å². The zero-order valence-electron chi connectivity index (χ0n) is 18.9. The van der Waals surface area contributed by atoms with Gasteiger partial charge in [-0.05, 0) is 85.8 Å². The Labute approximate surface area is 185 Å². The smallest absolute Gasteiger partial charge is 0.131 e. The van der Waals surface area contributed by atoms with Crippen LogP contribution < -0.4 is 14.4 Å². The van der Waals surface area contributed by atoms with Crippen molar-refractivity contribution in [3.8, 4) is 17.2 Å². The number of ether oxygens (including phenoxy) is 2. The van der Waals surface area contributed by atoms with E-state index in [9.17, 15) is 0 Å². The molecule has 4 heteroatoms. The fourth-order valence-corrected chi connectivity index (χ4v) is 4.23. The zero-order valence-corrected chi connectivity index (χ0v) is 18.9. The normalized spacial score (nSPS) is 17.5. The number of hydrogen-bond acceptors (Lipinski definition) is 4. The van der Waals surface area contributed by atoms with Crippen LogP contribution in [0.25, 0.3) is 0 Å². The lowest BCUT2D eigenvalue weighted by atomic mass is 9.80. The summed E-state index contributed by atoms with van der Waals surface area (Å²) in [4.78, 5) is 7.05. The summed E-state index contributed by atoms with van der Waals surface area (Å²) in [6.07, 6.45) is 3.08. The lowest BCUT2D eigenvalue weighted by molar-refractivity contribution is 0.395. The molecule has 1 atom stereocenters. The Hall–Kier alpha value is -3.27. The van der Waals surface area contributed by atoms with Gasteiger partial charge in [0.15, 0.2) is 0 Å². The van der Waals surface area contributed by atoms with Crippen molar-refractivity contribution in [1.82, 2.24) is 0 Å². The maximum atomic E-state index is 5.90. The minimum atomic E-state index is 0.177. The molecule has 0 N–H and O–H groups in total. The van der Waals surface area contributed by atoms with Gasteiger partial charge in [0.05, 0.1) is 12.8 Å². The molecular formula is C27H30N2O2.